The lowest BCUT2D eigenvalue weighted by Gasteiger charge is -2.14. The van der Waals surface area contributed by atoms with Gasteiger partial charge < -0.3 is 5.32 Å². The molecule has 0 aliphatic rings. The molecule has 1 aromatic heterocycles. The van der Waals surface area contributed by atoms with Crippen LogP contribution in [0, 0.1) is 6.92 Å². The largest absolute Gasteiger partial charge is 0.302 e. The van der Waals surface area contributed by atoms with Crippen LogP contribution in [0.15, 0.2) is 29.6 Å². The summed E-state index contributed by atoms with van der Waals surface area (Å²) in [6.07, 6.45) is 1.23. The van der Waals surface area contributed by atoms with E-state index in [0.29, 0.717) is 11.6 Å². The normalized spacial score (nSPS) is 11.4. The molecule has 3 nitrogen and oxygen atoms in total. The number of carbonyl (C=O) groups is 1. The minimum Gasteiger partial charge on any atom is -0.302 e. The highest BCUT2D eigenvalue weighted by molar-refractivity contribution is 7.13. The lowest BCUT2D eigenvalue weighted by atomic mass is 9.93. The van der Waals surface area contributed by atoms with Gasteiger partial charge in [-0.2, -0.15) is 0 Å². The van der Waals surface area contributed by atoms with Crippen LogP contribution in [-0.4, -0.2) is 10.9 Å². The Morgan fingerprint density at radius 3 is 2.48 bits per heavy atom. The zero-order valence-electron chi connectivity index (χ0n) is 13.1. The number of benzene rings is 1. The summed E-state index contributed by atoms with van der Waals surface area (Å²) in [5.41, 5.74) is 3.45. The third kappa shape index (κ3) is 4.67. The summed E-state index contributed by atoms with van der Waals surface area (Å²) in [6, 6.07) is 8.29. The number of carbonyl (C=O) groups excluding carboxylic acids is 1. The molecule has 2 aromatic rings. The molecule has 4 heteroatoms. The van der Waals surface area contributed by atoms with Gasteiger partial charge in [0.25, 0.3) is 0 Å². The summed E-state index contributed by atoms with van der Waals surface area (Å²) in [4.78, 5) is 16.4. The molecular weight excluding hydrogens is 280 g/mol. The molecule has 1 aromatic carbocycles. The SMILES string of the molecule is Cc1ccc(CCC(=O)Nc2nc(C(C)(C)C)cs2)cc1. The van der Waals surface area contributed by atoms with Crippen molar-refractivity contribution in [3.63, 3.8) is 0 Å². The van der Waals surface area contributed by atoms with Crippen molar-refractivity contribution in [3.05, 3.63) is 46.5 Å². The Morgan fingerprint density at radius 1 is 1.24 bits per heavy atom. The van der Waals surface area contributed by atoms with Gasteiger partial charge >= 0.3 is 0 Å². The van der Waals surface area contributed by atoms with Gasteiger partial charge in [0, 0.05) is 17.2 Å². The fraction of sp³-hybridized carbons (Fsp3) is 0.412. The van der Waals surface area contributed by atoms with Crippen molar-refractivity contribution in [2.45, 2.75) is 46.0 Å². The Hall–Kier alpha value is -1.68. The van der Waals surface area contributed by atoms with Crippen LogP contribution in [0.1, 0.15) is 44.0 Å². The summed E-state index contributed by atoms with van der Waals surface area (Å²) in [6.45, 7) is 8.41. The van der Waals surface area contributed by atoms with Gasteiger partial charge in [-0.1, -0.05) is 50.6 Å². The molecule has 0 saturated carbocycles. The van der Waals surface area contributed by atoms with E-state index < -0.39 is 0 Å². The van der Waals surface area contributed by atoms with Crippen molar-refractivity contribution in [1.82, 2.24) is 4.98 Å². The molecule has 0 unspecified atom stereocenters. The fourth-order valence-electron chi connectivity index (χ4n) is 1.87. The maximum absolute atomic E-state index is 12.0. The van der Waals surface area contributed by atoms with Crippen LogP contribution >= 0.6 is 11.3 Å². The average molecular weight is 302 g/mol. The molecule has 0 aliphatic heterocycles. The first-order chi connectivity index (χ1) is 9.84. The highest BCUT2D eigenvalue weighted by atomic mass is 32.1. The van der Waals surface area contributed by atoms with E-state index in [1.807, 2.05) is 5.38 Å². The molecule has 0 spiro atoms. The van der Waals surface area contributed by atoms with E-state index in [4.69, 9.17) is 0 Å². The minimum absolute atomic E-state index is 0.0153. The van der Waals surface area contributed by atoms with E-state index in [1.54, 1.807) is 0 Å². The number of nitrogens with zero attached hydrogens (tertiary/aromatic N) is 1. The van der Waals surface area contributed by atoms with E-state index in [9.17, 15) is 4.79 Å². The molecular formula is C17H22N2OS. The third-order valence-electron chi connectivity index (χ3n) is 3.28. The number of hydrogen-bond acceptors (Lipinski definition) is 3. The van der Waals surface area contributed by atoms with Crippen LogP contribution in [0.3, 0.4) is 0 Å². The Morgan fingerprint density at radius 2 is 1.90 bits per heavy atom. The summed E-state index contributed by atoms with van der Waals surface area (Å²) in [5.74, 6) is 0.0189. The molecule has 0 saturated heterocycles. The first-order valence-electron chi connectivity index (χ1n) is 7.16. The van der Waals surface area contributed by atoms with Gasteiger partial charge in [-0.05, 0) is 18.9 Å². The lowest BCUT2D eigenvalue weighted by molar-refractivity contribution is -0.116. The van der Waals surface area contributed by atoms with Gasteiger partial charge in [0.2, 0.25) is 5.91 Å². The second-order valence-corrected chi connectivity index (χ2v) is 7.18. The first kappa shape index (κ1) is 15.7. The van der Waals surface area contributed by atoms with E-state index in [2.05, 4.69) is 62.3 Å². The highest BCUT2D eigenvalue weighted by Gasteiger charge is 2.18. The van der Waals surface area contributed by atoms with Crippen LogP contribution in [0.25, 0.3) is 0 Å². The van der Waals surface area contributed by atoms with E-state index in [1.165, 1.54) is 22.5 Å². The Bertz CT molecular complexity index is 608. The third-order valence-corrected chi connectivity index (χ3v) is 4.04. The number of hydrogen-bond donors (Lipinski definition) is 1. The van der Waals surface area contributed by atoms with Crippen molar-refractivity contribution in [1.29, 1.82) is 0 Å². The summed E-state index contributed by atoms with van der Waals surface area (Å²) in [5, 5.41) is 5.58. The number of aromatic nitrogens is 1. The zero-order chi connectivity index (χ0) is 15.5. The molecule has 1 heterocycles. The molecule has 0 bridgehead atoms. The van der Waals surface area contributed by atoms with Gasteiger partial charge in [0.15, 0.2) is 5.13 Å². The molecule has 21 heavy (non-hydrogen) atoms. The number of amides is 1. The maximum Gasteiger partial charge on any atom is 0.226 e. The lowest BCUT2D eigenvalue weighted by Crippen LogP contribution is -2.14. The molecule has 1 N–H and O–H groups in total. The quantitative estimate of drug-likeness (QED) is 0.914. The highest BCUT2D eigenvalue weighted by Crippen LogP contribution is 2.26. The van der Waals surface area contributed by atoms with Gasteiger partial charge in [-0.25, -0.2) is 4.98 Å². The minimum atomic E-state index is 0.0153. The Kier molecular flexibility index (Phi) is 4.78. The first-order valence-corrected chi connectivity index (χ1v) is 8.04. The number of thiazole rings is 1. The topological polar surface area (TPSA) is 42.0 Å². The number of anilines is 1. The van der Waals surface area contributed by atoms with Crippen LogP contribution in [0.4, 0.5) is 5.13 Å². The number of rotatable bonds is 4. The van der Waals surface area contributed by atoms with E-state index >= 15 is 0 Å². The molecule has 2 rings (SSSR count). The van der Waals surface area contributed by atoms with Gasteiger partial charge in [0.05, 0.1) is 5.69 Å². The predicted molar refractivity (Wildman–Crippen MR) is 88.9 cm³/mol. The van der Waals surface area contributed by atoms with Crippen LogP contribution < -0.4 is 5.32 Å². The summed E-state index contributed by atoms with van der Waals surface area (Å²) < 4.78 is 0. The van der Waals surface area contributed by atoms with Gasteiger partial charge in [-0.15, -0.1) is 11.3 Å². The predicted octanol–water partition coefficient (Wildman–Crippen LogP) is 4.32. The molecule has 1 amide bonds. The molecule has 0 fully saturated rings. The Balaban J connectivity index is 1.87. The van der Waals surface area contributed by atoms with Gasteiger partial charge in [-0.3, -0.25) is 4.79 Å². The second kappa shape index (κ2) is 6.39. The number of aryl methyl sites for hydroxylation is 2. The fourth-order valence-corrected chi connectivity index (χ4v) is 2.82. The van der Waals surface area contributed by atoms with E-state index in [0.717, 1.165) is 12.1 Å². The van der Waals surface area contributed by atoms with Crippen molar-refractivity contribution in [2.75, 3.05) is 5.32 Å². The summed E-state index contributed by atoms with van der Waals surface area (Å²) in [7, 11) is 0. The number of nitrogens with one attached hydrogen (secondary N) is 1. The molecule has 112 valence electrons. The maximum atomic E-state index is 12.0. The molecule has 0 radical (unpaired) electrons. The molecule has 0 atom stereocenters. The van der Waals surface area contributed by atoms with Crippen molar-refractivity contribution < 1.29 is 4.79 Å². The standard InChI is InChI=1S/C17H22N2OS/c1-12-5-7-13(8-6-12)9-10-15(20)19-16-18-14(11-21-16)17(2,3)4/h5-8,11H,9-10H2,1-4H3,(H,18,19,20). The van der Waals surface area contributed by atoms with Crippen LogP contribution in [0.2, 0.25) is 0 Å². The zero-order valence-corrected chi connectivity index (χ0v) is 13.9. The monoisotopic (exact) mass is 302 g/mol. The average Bonchev–Trinajstić information content (AvgIpc) is 2.86. The van der Waals surface area contributed by atoms with E-state index in [-0.39, 0.29) is 11.3 Å². The molecule has 0 aliphatic carbocycles. The van der Waals surface area contributed by atoms with Gasteiger partial charge in [0.1, 0.15) is 0 Å². The van der Waals surface area contributed by atoms with Crippen LogP contribution in [-0.2, 0) is 16.6 Å². The second-order valence-electron chi connectivity index (χ2n) is 6.32. The van der Waals surface area contributed by atoms with Crippen molar-refractivity contribution in [3.8, 4) is 0 Å². The van der Waals surface area contributed by atoms with Crippen molar-refractivity contribution >= 4 is 22.4 Å². The Labute approximate surface area is 130 Å². The smallest absolute Gasteiger partial charge is 0.226 e. The summed E-state index contributed by atoms with van der Waals surface area (Å²) >= 11 is 1.49. The van der Waals surface area contributed by atoms with Crippen LogP contribution in [0.5, 0.6) is 0 Å². The van der Waals surface area contributed by atoms with Crippen molar-refractivity contribution in [2.24, 2.45) is 0 Å².